The minimum absolute atomic E-state index is 0.0345. The molecule has 0 saturated heterocycles. The predicted octanol–water partition coefficient (Wildman–Crippen LogP) is 2.06. The molecule has 0 fully saturated rings. The van der Waals surface area contributed by atoms with Crippen molar-refractivity contribution >= 4 is 11.5 Å². The second-order valence-corrected chi connectivity index (χ2v) is 6.19. The third-order valence-corrected chi connectivity index (χ3v) is 4.39. The third-order valence-electron chi connectivity index (χ3n) is 4.39. The van der Waals surface area contributed by atoms with Crippen LogP contribution in [-0.2, 0) is 12.8 Å². The van der Waals surface area contributed by atoms with Gasteiger partial charge in [0.1, 0.15) is 5.82 Å². The first-order chi connectivity index (χ1) is 12.6. The summed E-state index contributed by atoms with van der Waals surface area (Å²) in [5, 5.41) is 20.6. The molecule has 3 rings (SSSR count). The highest BCUT2D eigenvalue weighted by Crippen LogP contribution is 2.35. The van der Waals surface area contributed by atoms with E-state index in [1.807, 2.05) is 17.0 Å². The van der Waals surface area contributed by atoms with E-state index >= 15 is 0 Å². The SMILES string of the molecule is Cc1nc(OCCCO)c([N+](=O)[O-])c(N2CCc3ccccc3CC2)n1. The summed E-state index contributed by atoms with van der Waals surface area (Å²) in [6.45, 7) is 3.10. The van der Waals surface area contributed by atoms with E-state index < -0.39 is 4.92 Å². The molecule has 0 atom stereocenters. The number of aliphatic hydroxyl groups excluding tert-OH is 1. The number of fused-ring (bicyclic) bond motifs is 1. The van der Waals surface area contributed by atoms with Crippen molar-refractivity contribution in [3.63, 3.8) is 0 Å². The van der Waals surface area contributed by atoms with E-state index in [2.05, 4.69) is 22.1 Å². The molecule has 0 radical (unpaired) electrons. The number of rotatable bonds is 6. The van der Waals surface area contributed by atoms with Crippen LogP contribution in [0.5, 0.6) is 5.88 Å². The lowest BCUT2D eigenvalue weighted by Gasteiger charge is -2.22. The summed E-state index contributed by atoms with van der Waals surface area (Å²) in [5.74, 6) is 0.688. The molecule has 0 unspecified atom stereocenters. The van der Waals surface area contributed by atoms with Crippen molar-refractivity contribution in [2.75, 3.05) is 31.2 Å². The Hall–Kier alpha value is -2.74. The highest BCUT2D eigenvalue weighted by Gasteiger charge is 2.30. The predicted molar refractivity (Wildman–Crippen MR) is 96.7 cm³/mol. The zero-order valence-electron chi connectivity index (χ0n) is 14.7. The van der Waals surface area contributed by atoms with Gasteiger partial charge in [-0.05, 0) is 30.9 Å². The zero-order chi connectivity index (χ0) is 18.5. The number of aromatic nitrogens is 2. The van der Waals surface area contributed by atoms with Crippen LogP contribution < -0.4 is 9.64 Å². The summed E-state index contributed by atoms with van der Waals surface area (Å²) in [5.41, 5.74) is 2.32. The monoisotopic (exact) mass is 358 g/mol. The van der Waals surface area contributed by atoms with Crippen molar-refractivity contribution in [3.05, 3.63) is 51.3 Å². The van der Waals surface area contributed by atoms with Gasteiger partial charge in [0.2, 0.25) is 5.82 Å². The fourth-order valence-electron chi connectivity index (χ4n) is 3.12. The maximum atomic E-state index is 11.7. The number of nitrogens with zero attached hydrogens (tertiary/aromatic N) is 4. The van der Waals surface area contributed by atoms with Crippen molar-refractivity contribution in [3.8, 4) is 5.88 Å². The minimum Gasteiger partial charge on any atom is -0.473 e. The van der Waals surface area contributed by atoms with E-state index in [0.717, 1.165) is 12.8 Å². The molecule has 138 valence electrons. The maximum absolute atomic E-state index is 11.7. The molecular formula is C18H22N4O4. The summed E-state index contributed by atoms with van der Waals surface area (Å²) >= 11 is 0. The second kappa shape index (κ2) is 8.09. The zero-order valence-corrected chi connectivity index (χ0v) is 14.7. The van der Waals surface area contributed by atoms with Gasteiger partial charge in [0.25, 0.3) is 5.88 Å². The second-order valence-electron chi connectivity index (χ2n) is 6.19. The highest BCUT2D eigenvalue weighted by atomic mass is 16.6. The third kappa shape index (κ3) is 3.91. The van der Waals surface area contributed by atoms with Gasteiger partial charge in [-0.1, -0.05) is 24.3 Å². The molecule has 0 saturated carbocycles. The van der Waals surface area contributed by atoms with Crippen molar-refractivity contribution < 1.29 is 14.8 Å². The number of benzene rings is 1. The molecule has 1 aliphatic heterocycles. The summed E-state index contributed by atoms with van der Waals surface area (Å²) in [6.07, 6.45) is 1.99. The van der Waals surface area contributed by atoms with Crippen molar-refractivity contribution in [2.24, 2.45) is 0 Å². The van der Waals surface area contributed by atoms with E-state index in [4.69, 9.17) is 9.84 Å². The van der Waals surface area contributed by atoms with Crippen molar-refractivity contribution in [2.45, 2.75) is 26.2 Å². The van der Waals surface area contributed by atoms with Gasteiger partial charge in [0.15, 0.2) is 0 Å². The van der Waals surface area contributed by atoms with Gasteiger partial charge in [0, 0.05) is 26.1 Å². The molecule has 8 nitrogen and oxygen atoms in total. The molecule has 26 heavy (non-hydrogen) atoms. The van der Waals surface area contributed by atoms with Gasteiger partial charge in [-0.25, -0.2) is 4.98 Å². The van der Waals surface area contributed by atoms with E-state index in [-0.39, 0.29) is 24.8 Å². The Morgan fingerprint density at radius 1 is 1.23 bits per heavy atom. The van der Waals surface area contributed by atoms with Gasteiger partial charge >= 0.3 is 5.69 Å². The maximum Gasteiger partial charge on any atom is 0.372 e. The lowest BCUT2D eigenvalue weighted by molar-refractivity contribution is -0.385. The average Bonchev–Trinajstić information content (AvgIpc) is 2.84. The average molecular weight is 358 g/mol. The van der Waals surface area contributed by atoms with Crippen LogP contribution in [0.1, 0.15) is 23.4 Å². The Bertz CT molecular complexity index is 770. The lowest BCUT2D eigenvalue weighted by atomic mass is 10.0. The van der Waals surface area contributed by atoms with Crippen molar-refractivity contribution in [1.82, 2.24) is 9.97 Å². The molecule has 1 aromatic heterocycles. The molecule has 0 aliphatic carbocycles. The number of ether oxygens (including phenoxy) is 1. The van der Waals surface area contributed by atoms with Crippen LogP contribution in [0.15, 0.2) is 24.3 Å². The molecule has 0 amide bonds. The molecule has 0 bridgehead atoms. The molecule has 1 aromatic carbocycles. The van der Waals surface area contributed by atoms with E-state index in [1.165, 1.54) is 11.1 Å². The van der Waals surface area contributed by atoms with E-state index in [0.29, 0.717) is 31.2 Å². The highest BCUT2D eigenvalue weighted by molar-refractivity contribution is 5.63. The normalized spacial score (nSPS) is 13.8. The number of nitro groups is 1. The molecule has 2 aromatic rings. The Kier molecular flexibility index (Phi) is 5.62. The van der Waals surface area contributed by atoms with Gasteiger partial charge in [0.05, 0.1) is 11.5 Å². The smallest absolute Gasteiger partial charge is 0.372 e. The van der Waals surface area contributed by atoms with Crippen molar-refractivity contribution in [1.29, 1.82) is 0 Å². The Morgan fingerprint density at radius 2 is 1.88 bits per heavy atom. The van der Waals surface area contributed by atoms with Gasteiger partial charge in [-0.3, -0.25) is 10.1 Å². The van der Waals surface area contributed by atoms with Crippen LogP contribution in [0.25, 0.3) is 0 Å². The first-order valence-corrected chi connectivity index (χ1v) is 8.68. The van der Waals surface area contributed by atoms with E-state index in [1.54, 1.807) is 6.92 Å². The minimum atomic E-state index is -0.485. The van der Waals surface area contributed by atoms with Crippen LogP contribution in [0.4, 0.5) is 11.5 Å². The van der Waals surface area contributed by atoms with Crippen LogP contribution in [0.3, 0.4) is 0 Å². The van der Waals surface area contributed by atoms with Crippen LogP contribution in [-0.4, -0.2) is 46.3 Å². The Labute approximate surface area is 151 Å². The molecule has 2 heterocycles. The number of anilines is 1. The number of hydrogen-bond acceptors (Lipinski definition) is 7. The molecule has 1 N–H and O–H groups in total. The van der Waals surface area contributed by atoms with E-state index in [9.17, 15) is 10.1 Å². The number of aryl methyl sites for hydroxylation is 1. The quantitative estimate of drug-likeness (QED) is 0.479. The fourth-order valence-corrected chi connectivity index (χ4v) is 3.12. The van der Waals surface area contributed by atoms with Gasteiger partial charge < -0.3 is 14.7 Å². The number of aliphatic hydroxyl groups is 1. The largest absolute Gasteiger partial charge is 0.473 e. The molecule has 0 spiro atoms. The Morgan fingerprint density at radius 3 is 2.46 bits per heavy atom. The topological polar surface area (TPSA) is 102 Å². The summed E-state index contributed by atoms with van der Waals surface area (Å²) in [6, 6.07) is 8.22. The van der Waals surface area contributed by atoms with Crippen LogP contribution in [0, 0.1) is 17.0 Å². The van der Waals surface area contributed by atoms with Crippen LogP contribution >= 0.6 is 0 Å². The van der Waals surface area contributed by atoms with Crippen LogP contribution in [0.2, 0.25) is 0 Å². The van der Waals surface area contributed by atoms with Gasteiger partial charge in [-0.2, -0.15) is 4.98 Å². The standard InChI is InChI=1S/C18H22N4O4/c1-13-19-17(16(22(24)25)18(20-13)26-12-4-11-23)21-9-7-14-5-2-3-6-15(14)8-10-21/h2-3,5-6,23H,4,7-12H2,1H3. The molecular weight excluding hydrogens is 336 g/mol. The molecule has 1 aliphatic rings. The number of hydrogen-bond donors (Lipinski definition) is 1. The lowest BCUT2D eigenvalue weighted by Crippen LogP contribution is -2.28. The summed E-state index contributed by atoms with van der Waals surface area (Å²) < 4.78 is 5.46. The van der Waals surface area contributed by atoms with Gasteiger partial charge in [-0.15, -0.1) is 0 Å². The molecule has 8 heteroatoms. The Balaban J connectivity index is 1.92. The first kappa shape index (κ1) is 18.1. The first-order valence-electron chi connectivity index (χ1n) is 8.68. The summed E-state index contributed by atoms with van der Waals surface area (Å²) in [4.78, 5) is 21.6. The summed E-state index contributed by atoms with van der Waals surface area (Å²) in [7, 11) is 0. The fraction of sp³-hybridized carbons (Fsp3) is 0.444.